The van der Waals surface area contributed by atoms with Crippen LogP contribution in [0, 0.1) is 6.92 Å². The Morgan fingerprint density at radius 2 is 2.05 bits per heavy atom. The first-order valence-corrected chi connectivity index (χ1v) is 7.23. The average molecular weight is 279 g/mol. The van der Waals surface area contributed by atoms with Crippen LogP contribution in [-0.4, -0.2) is 41.6 Å². The van der Waals surface area contributed by atoms with E-state index in [2.05, 4.69) is 24.1 Å². The number of nitrogens with one attached hydrogen (secondary N) is 1. The molecule has 1 amide bonds. The van der Waals surface area contributed by atoms with Crippen LogP contribution in [0.5, 0.6) is 0 Å². The first-order chi connectivity index (χ1) is 9.58. The fourth-order valence-electron chi connectivity index (χ4n) is 2.06. The molecule has 1 N–H and O–H groups in total. The van der Waals surface area contributed by atoms with Crippen molar-refractivity contribution in [3.8, 4) is 0 Å². The maximum Gasteiger partial charge on any atom is 0.253 e. The van der Waals surface area contributed by atoms with Gasteiger partial charge in [-0.15, -0.1) is 0 Å². The molecule has 0 aromatic carbocycles. The average Bonchev–Trinajstić information content (AvgIpc) is 2.44. The molecule has 0 aliphatic heterocycles. The topological polar surface area (TPSA) is 54.3 Å². The predicted molar refractivity (Wildman–Crippen MR) is 80.9 cm³/mol. The number of amides is 1. The zero-order valence-corrected chi connectivity index (χ0v) is 12.7. The van der Waals surface area contributed by atoms with E-state index in [0.29, 0.717) is 12.1 Å². The zero-order chi connectivity index (χ0) is 15.0. The molecule has 5 heteroatoms. The highest BCUT2D eigenvalue weighted by Gasteiger charge is 2.05. The zero-order valence-electron chi connectivity index (χ0n) is 12.7. The number of hydrogen-bond donors (Lipinski definition) is 1. The summed E-state index contributed by atoms with van der Waals surface area (Å²) in [7, 11) is 0. The summed E-state index contributed by atoms with van der Waals surface area (Å²) in [6.07, 6.45) is 2.57. The van der Waals surface area contributed by atoms with Crippen molar-refractivity contribution in [2.24, 2.45) is 0 Å². The van der Waals surface area contributed by atoms with Crippen molar-refractivity contribution >= 4 is 5.91 Å². The third-order valence-corrected chi connectivity index (χ3v) is 3.39. The van der Waals surface area contributed by atoms with Crippen molar-refractivity contribution in [2.75, 3.05) is 26.2 Å². The summed E-state index contributed by atoms with van der Waals surface area (Å²) < 4.78 is 1.44. The summed E-state index contributed by atoms with van der Waals surface area (Å²) in [6.45, 7) is 9.80. The van der Waals surface area contributed by atoms with Crippen LogP contribution in [0.3, 0.4) is 0 Å². The molecule has 0 bridgehead atoms. The van der Waals surface area contributed by atoms with E-state index in [0.717, 1.165) is 26.1 Å². The normalized spacial score (nSPS) is 10.8. The molecule has 0 fully saturated rings. The monoisotopic (exact) mass is 279 g/mol. The first-order valence-electron chi connectivity index (χ1n) is 7.23. The number of aromatic nitrogens is 1. The van der Waals surface area contributed by atoms with Gasteiger partial charge < -0.3 is 14.8 Å². The largest absolute Gasteiger partial charge is 0.355 e. The van der Waals surface area contributed by atoms with Crippen LogP contribution in [0.1, 0.15) is 25.8 Å². The molecule has 0 unspecified atom stereocenters. The maximum atomic E-state index is 11.8. The minimum absolute atomic E-state index is 0.0891. The highest BCUT2D eigenvalue weighted by molar-refractivity contribution is 5.75. The van der Waals surface area contributed by atoms with Crippen molar-refractivity contribution < 1.29 is 4.79 Å². The van der Waals surface area contributed by atoms with Crippen LogP contribution in [-0.2, 0) is 11.3 Å². The lowest BCUT2D eigenvalue weighted by molar-refractivity contribution is -0.121. The van der Waals surface area contributed by atoms with Crippen LogP contribution < -0.4 is 10.9 Å². The van der Waals surface area contributed by atoms with Crippen molar-refractivity contribution in [3.05, 3.63) is 34.2 Å². The van der Waals surface area contributed by atoms with E-state index in [1.54, 1.807) is 25.3 Å². The summed E-state index contributed by atoms with van der Waals surface area (Å²) in [5.74, 6) is -0.114. The molecule has 0 spiro atoms. The van der Waals surface area contributed by atoms with E-state index in [-0.39, 0.29) is 18.0 Å². The summed E-state index contributed by atoms with van der Waals surface area (Å²) >= 11 is 0. The van der Waals surface area contributed by atoms with Gasteiger partial charge in [0.1, 0.15) is 6.54 Å². The second-order valence-corrected chi connectivity index (χ2v) is 4.85. The lowest BCUT2D eigenvalue weighted by Crippen LogP contribution is -2.34. The highest BCUT2D eigenvalue weighted by Crippen LogP contribution is 1.91. The van der Waals surface area contributed by atoms with E-state index in [4.69, 9.17) is 0 Å². The van der Waals surface area contributed by atoms with Gasteiger partial charge in [0.2, 0.25) is 5.91 Å². The highest BCUT2D eigenvalue weighted by atomic mass is 16.2. The number of pyridine rings is 1. The summed E-state index contributed by atoms with van der Waals surface area (Å²) in [5, 5.41) is 2.86. The van der Waals surface area contributed by atoms with Gasteiger partial charge in [-0.25, -0.2) is 0 Å². The molecule has 0 atom stereocenters. The second kappa shape index (κ2) is 8.53. The molecule has 20 heavy (non-hydrogen) atoms. The van der Waals surface area contributed by atoms with Gasteiger partial charge in [0, 0.05) is 18.3 Å². The number of hydrogen-bond acceptors (Lipinski definition) is 3. The minimum atomic E-state index is -0.114. The molecule has 0 saturated heterocycles. The van der Waals surface area contributed by atoms with Crippen LogP contribution in [0.4, 0.5) is 0 Å². The molecule has 0 aliphatic rings. The van der Waals surface area contributed by atoms with E-state index in [1.807, 2.05) is 0 Å². The molecule has 0 radical (unpaired) electrons. The Kier molecular flexibility index (Phi) is 7.01. The molecule has 5 nitrogen and oxygen atoms in total. The fraction of sp³-hybridized carbons (Fsp3) is 0.600. The second-order valence-electron chi connectivity index (χ2n) is 4.85. The summed E-state index contributed by atoms with van der Waals surface area (Å²) in [4.78, 5) is 25.9. The van der Waals surface area contributed by atoms with E-state index >= 15 is 0 Å². The number of nitrogens with zero attached hydrogens (tertiary/aromatic N) is 2. The van der Waals surface area contributed by atoms with Gasteiger partial charge in [0.25, 0.3) is 5.56 Å². The van der Waals surface area contributed by atoms with Crippen LogP contribution in [0.15, 0.2) is 23.1 Å². The van der Waals surface area contributed by atoms with Crippen molar-refractivity contribution in [3.63, 3.8) is 0 Å². The van der Waals surface area contributed by atoms with Gasteiger partial charge in [0.05, 0.1) is 0 Å². The third kappa shape index (κ3) is 5.17. The Balaban J connectivity index is 2.34. The van der Waals surface area contributed by atoms with Gasteiger partial charge in [-0.3, -0.25) is 9.59 Å². The Morgan fingerprint density at radius 1 is 1.35 bits per heavy atom. The molecule has 112 valence electrons. The molecule has 1 heterocycles. The fourth-order valence-corrected chi connectivity index (χ4v) is 2.06. The Morgan fingerprint density at radius 3 is 2.70 bits per heavy atom. The smallest absolute Gasteiger partial charge is 0.253 e. The number of carbonyl (C=O) groups excluding carboxylic acids is 1. The number of carbonyl (C=O) groups is 1. The SMILES string of the molecule is CCN(CC)CCCNC(=O)Cn1cccc(C)c1=O. The quantitative estimate of drug-likeness (QED) is 0.722. The van der Waals surface area contributed by atoms with Crippen LogP contribution in [0.25, 0.3) is 0 Å². The standard InChI is InChI=1S/C15H25N3O2/c1-4-17(5-2)10-7-9-16-14(19)12-18-11-6-8-13(3)15(18)20/h6,8,11H,4-5,7,9-10,12H2,1-3H3,(H,16,19). The molecule has 1 aromatic rings. The lowest BCUT2D eigenvalue weighted by Gasteiger charge is -2.17. The number of aryl methyl sites for hydroxylation is 1. The van der Waals surface area contributed by atoms with Crippen LogP contribution >= 0.6 is 0 Å². The van der Waals surface area contributed by atoms with Crippen LogP contribution in [0.2, 0.25) is 0 Å². The molecular formula is C15H25N3O2. The van der Waals surface area contributed by atoms with E-state index in [9.17, 15) is 9.59 Å². The Bertz CT molecular complexity index is 478. The van der Waals surface area contributed by atoms with Gasteiger partial charge in [0.15, 0.2) is 0 Å². The van der Waals surface area contributed by atoms with Crippen molar-refractivity contribution in [2.45, 2.75) is 33.7 Å². The van der Waals surface area contributed by atoms with Gasteiger partial charge in [-0.2, -0.15) is 0 Å². The van der Waals surface area contributed by atoms with Crippen molar-refractivity contribution in [1.29, 1.82) is 0 Å². The molecular weight excluding hydrogens is 254 g/mol. The van der Waals surface area contributed by atoms with E-state index < -0.39 is 0 Å². The maximum absolute atomic E-state index is 11.8. The lowest BCUT2D eigenvalue weighted by atomic mass is 10.3. The van der Waals surface area contributed by atoms with Crippen molar-refractivity contribution in [1.82, 2.24) is 14.8 Å². The Hall–Kier alpha value is -1.62. The Labute approximate surface area is 120 Å². The minimum Gasteiger partial charge on any atom is -0.355 e. The van der Waals surface area contributed by atoms with Gasteiger partial charge >= 0.3 is 0 Å². The van der Waals surface area contributed by atoms with Gasteiger partial charge in [-0.1, -0.05) is 19.9 Å². The third-order valence-electron chi connectivity index (χ3n) is 3.39. The predicted octanol–water partition coefficient (Wildman–Crippen LogP) is 1.00. The van der Waals surface area contributed by atoms with Gasteiger partial charge in [-0.05, 0) is 39.0 Å². The van der Waals surface area contributed by atoms with E-state index in [1.165, 1.54) is 4.57 Å². The number of rotatable bonds is 8. The summed E-state index contributed by atoms with van der Waals surface area (Å²) in [5.41, 5.74) is 0.549. The first kappa shape index (κ1) is 16.4. The molecule has 0 saturated carbocycles. The molecule has 0 aliphatic carbocycles. The molecule has 1 rings (SSSR count). The summed E-state index contributed by atoms with van der Waals surface area (Å²) in [6, 6.07) is 3.53. The molecule has 1 aromatic heterocycles.